The number of ether oxygens (including phenoxy) is 1. The number of nitrogens with zero attached hydrogens (tertiary/aromatic N) is 2. The monoisotopic (exact) mass is 380 g/mol. The first-order valence-corrected chi connectivity index (χ1v) is 9.15. The molecule has 146 valence electrons. The number of rotatable bonds is 7. The average molecular weight is 380 g/mol. The molecule has 3 aromatic rings. The molecule has 2 aromatic carbocycles. The van der Waals surface area contributed by atoms with Crippen molar-refractivity contribution < 1.29 is 14.3 Å². The SMILES string of the molecule is CC(C)CNC(=O)c1c(NC(=O)COc2ccc3ccccc3c2)cnn1C. The van der Waals surface area contributed by atoms with Crippen LogP contribution in [0.1, 0.15) is 24.3 Å². The fourth-order valence-electron chi connectivity index (χ4n) is 2.77. The van der Waals surface area contributed by atoms with Gasteiger partial charge in [0.15, 0.2) is 6.61 Å². The number of carbonyl (C=O) groups excluding carboxylic acids is 2. The minimum absolute atomic E-state index is 0.166. The highest BCUT2D eigenvalue weighted by atomic mass is 16.5. The Morgan fingerprint density at radius 2 is 1.89 bits per heavy atom. The number of carbonyl (C=O) groups is 2. The summed E-state index contributed by atoms with van der Waals surface area (Å²) in [7, 11) is 1.66. The van der Waals surface area contributed by atoms with E-state index in [-0.39, 0.29) is 18.4 Å². The van der Waals surface area contributed by atoms with E-state index in [4.69, 9.17) is 4.74 Å². The maximum atomic E-state index is 12.4. The van der Waals surface area contributed by atoms with E-state index in [0.29, 0.717) is 29.6 Å². The number of aromatic nitrogens is 2. The molecule has 0 aliphatic heterocycles. The smallest absolute Gasteiger partial charge is 0.271 e. The van der Waals surface area contributed by atoms with Crippen LogP contribution in [0.4, 0.5) is 5.69 Å². The highest BCUT2D eigenvalue weighted by Gasteiger charge is 2.19. The van der Waals surface area contributed by atoms with Gasteiger partial charge in [0.05, 0.1) is 11.9 Å². The summed E-state index contributed by atoms with van der Waals surface area (Å²) in [6.07, 6.45) is 1.46. The Balaban J connectivity index is 1.62. The minimum atomic E-state index is -0.362. The fraction of sp³-hybridized carbons (Fsp3) is 0.286. The van der Waals surface area contributed by atoms with E-state index in [0.717, 1.165) is 10.8 Å². The number of aryl methyl sites for hydroxylation is 1. The summed E-state index contributed by atoms with van der Waals surface area (Å²) in [6.45, 7) is 4.40. The number of anilines is 1. The van der Waals surface area contributed by atoms with Crippen LogP contribution in [0.2, 0.25) is 0 Å². The predicted octanol–water partition coefficient (Wildman–Crippen LogP) is 2.98. The number of fused-ring (bicyclic) bond motifs is 1. The van der Waals surface area contributed by atoms with Crippen LogP contribution >= 0.6 is 0 Å². The van der Waals surface area contributed by atoms with Crippen molar-refractivity contribution in [3.8, 4) is 5.75 Å². The van der Waals surface area contributed by atoms with Gasteiger partial charge in [-0.15, -0.1) is 0 Å². The van der Waals surface area contributed by atoms with Crippen molar-refractivity contribution in [1.82, 2.24) is 15.1 Å². The summed E-state index contributed by atoms with van der Waals surface area (Å²) in [5.74, 6) is 0.291. The van der Waals surface area contributed by atoms with Gasteiger partial charge in [0, 0.05) is 13.6 Å². The van der Waals surface area contributed by atoms with E-state index < -0.39 is 0 Å². The Hall–Kier alpha value is -3.35. The Morgan fingerprint density at radius 3 is 2.64 bits per heavy atom. The molecule has 0 bridgehead atoms. The highest BCUT2D eigenvalue weighted by molar-refractivity contribution is 6.02. The Bertz CT molecular complexity index is 994. The number of amides is 2. The van der Waals surface area contributed by atoms with E-state index in [1.54, 1.807) is 7.05 Å². The first-order chi connectivity index (χ1) is 13.4. The zero-order valence-corrected chi connectivity index (χ0v) is 16.2. The minimum Gasteiger partial charge on any atom is -0.484 e. The maximum absolute atomic E-state index is 12.4. The molecule has 0 radical (unpaired) electrons. The molecule has 0 spiro atoms. The molecule has 7 heteroatoms. The lowest BCUT2D eigenvalue weighted by atomic mass is 10.1. The lowest BCUT2D eigenvalue weighted by molar-refractivity contribution is -0.118. The predicted molar refractivity (Wildman–Crippen MR) is 108 cm³/mol. The Labute approximate surface area is 163 Å². The van der Waals surface area contributed by atoms with Crippen molar-refractivity contribution in [2.45, 2.75) is 13.8 Å². The van der Waals surface area contributed by atoms with Crippen LogP contribution in [-0.4, -0.2) is 34.7 Å². The quantitative estimate of drug-likeness (QED) is 0.660. The third-order valence-corrected chi connectivity index (χ3v) is 4.19. The number of hydrogen-bond acceptors (Lipinski definition) is 4. The van der Waals surface area contributed by atoms with E-state index in [9.17, 15) is 9.59 Å². The van der Waals surface area contributed by atoms with Crippen LogP contribution in [0.15, 0.2) is 48.7 Å². The molecule has 1 heterocycles. The maximum Gasteiger partial charge on any atom is 0.271 e. The lowest BCUT2D eigenvalue weighted by Gasteiger charge is -2.11. The van der Waals surface area contributed by atoms with Crippen LogP contribution in [-0.2, 0) is 11.8 Å². The third-order valence-electron chi connectivity index (χ3n) is 4.19. The standard InChI is InChI=1S/C21H24N4O3/c1-14(2)11-22-21(27)20-18(12-23-25(20)3)24-19(26)13-28-17-9-8-15-6-4-5-7-16(15)10-17/h4-10,12,14H,11,13H2,1-3H3,(H,22,27)(H,24,26). The molecule has 0 unspecified atom stereocenters. The van der Waals surface area contributed by atoms with Gasteiger partial charge in [-0.1, -0.05) is 44.2 Å². The van der Waals surface area contributed by atoms with Crippen molar-refractivity contribution >= 4 is 28.3 Å². The molecule has 0 saturated carbocycles. The Morgan fingerprint density at radius 1 is 1.14 bits per heavy atom. The zero-order valence-electron chi connectivity index (χ0n) is 16.2. The van der Waals surface area contributed by atoms with Crippen LogP contribution in [0.25, 0.3) is 10.8 Å². The summed E-state index contributed by atoms with van der Waals surface area (Å²) >= 11 is 0. The molecule has 2 N–H and O–H groups in total. The molecule has 0 aliphatic carbocycles. The van der Waals surface area contributed by atoms with Crippen LogP contribution in [0, 0.1) is 5.92 Å². The molecule has 0 atom stereocenters. The molecule has 28 heavy (non-hydrogen) atoms. The van der Waals surface area contributed by atoms with Gasteiger partial charge in [0.25, 0.3) is 11.8 Å². The average Bonchev–Trinajstić information content (AvgIpc) is 3.04. The molecule has 0 saturated heterocycles. The summed E-state index contributed by atoms with van der Waals surface area (Å²) < 4.78 is 7.03. The molecule has 0 fully saturated rings. The molecule has 3 rings (SSSR count). The van der Waals surface area contributed by atoms with E-state index in [1.807, 2.05) is 56.3 Å². The molecule has 7 nitrogen and oxygen atoms in total. The molecule has 1 aromatic heterocycles. The van der Waals surface area contributed by atoms with Crippen molar-refractivity contribution in [2.24, 2.45) is 13.0 Å². The summed E-state index contributed by atoms with van der Waals surface area (Å²) in [6, 6.07) is 13.6. The van der Waals surface area contributed by atoms with Gasteiger partial charge in [0.1, 0.15) is 11.4 Å². The highest BCUT2D eigenvalue weighted by Crippen LogP contribution is 2.20. The van der Waals surface area contributed by atoms with E-state index >= 15 is 0 Å². The summed E-state index contributed by atoms with van der Waals surface area (Å²) in [5.41, 5.74) is 0.663. The second-order valence-corrected chi connectivity index (χ2v) is 6.98. The van der Waals surface area contributed by atoms with Gasteiger partial charge in [-0.2, -0.15) is 5.10 Å². The Kier molecular flexibility index (Phi) is 5.93. The molecular formula is C21H24N4O3. The second-order valence-electron chi connectivity index (χ2n) is 6.98. The van der Waals surface area contributed by atoms with Crippen molar-refractivity contribution in [3.05, 3.63) is 54.4 Å². The van der Waals surface area contributed by atoms with Crippen LogP contribution in [0.3, 0.4) is 0 Å². The van der Waals surface area contributed by atoms with E-state index in [2.05, 4.69) is 15.7 Å². The van der Waals surface area contributed by atoms with Crippen LogP contribution < -0.4 is 15.4 Å². The van der Waals surface area contributed by atoms with Crippen molar-refractivity contribution in [2.75, 3.05) is 18.5 Å². The van der Waals surface area contributed by atoms with E-state index in [1.165, 1.54) is 10.9 Å². The van der Waals surface area contributed by atoms with Gasteiger partial charge in [-0.25, -0.2) is 0 Å². The normalized spacial score (nSPS) is 10.9. The van der Waals surface area contributed by atoms with Crippen molar-refractivity contribution in [1.29, 1.82) is 0 Å². The van der Waals surface area contributed by atoms with Gasteiger partial charge in [0.2, 0.25) is 0 Å². The number of benzene rings is 2. The topological polar surface area (TPSA) is 85.2 Å². The fourth-order valence-corrected chi connectivity index (χ4v) is 2.77. The molecule has 2 amide bonds. The van der Waals surface area contributed by atoms with Gasteiger partial charge >= 0.3 is 0 Å². The van der Waals surface area contributed by atoms with Crippen molar-refractivity contribution in [3.63, 3.8) is 0 Å². The second kappa shape index (κ2) is 8.56. The summed E-state index contributed by atoms with van der Waals surface area (Å²) in [5, 5.41) is 11.7. The van der Waals surface area contributed by atoms with Gasteiger partial charge in [-0.3, -0.25) is 14.3 Å². The first kappa shape index (κ1) is 19.4. The number of hydrogen-bond donors (Lipinski definition) is 2. The zero-order chi connectivity index (χ0) is 20.1. The summed E-state index contributed by atoms with van der Waals surface area (Å²) in [4.78, 5) is 24.7. The first-order valence-electron chi connectivity index (χ1n) is 9.15. The third kappa shape index (κ3) is 4.68. The van der Waals surface area contributed by atoms with Crippen LogP contribution in [0.5, 0.6) is 5.75 Å². The van der Waals surface area contributed by atoms with Gasteiger partial charge < -0.3 is 15.4 Å². The largest absolute Gasteiger partial charge is 0.484 e. The molecule has 0 aliphatic rings. The van der Waals surface area contributed by atoms with Gasteiger partial charge in [-0.05, 0) is 28.8 Å². The number of nitrogens with one attached hydrogen (secondary N) is 2. The molecular weight excluding hydrogens is 356 g/mol. The lowest BCUT2D eigenvalue weighted by Crippen LogP contribution is -2.30.